The molecule has 0 saturated carbocycles. The van der Waals surface area contributed by atoms with Crippen molar-refractivity contribution in [3.8, 4) is 11.5 Å². The lowest BCUT2D eigenvalue weighted by molar-refractivity contribution is -0.231. The van der Waals surface area contributed by atoms with E-state index in [2.05, 4.69) is 0 Å². The van der Waals surface area contributed by atoms with Crippen molar-refractivity contribution >= 4 is 5.78 Å². The molecule has 2 rings (SSSR count). The number of aromatic hydroxyl groups is 1. The highest BCUT2D eigenvalue weighted by molar-refractivity contribution is 5.99. The smallest absolute Gasteiger partial charge is 0.263 e. The molecule has 0 fully saturated rings. The van der Waals surface area contributed by atoms with Crippen LogP contribution < -0.4 is 4.74 Å². The van der Waals surface area contributed by atoms with E-state index in [0.717, 1.165) is 6.42 Å². The maximum atomic E-state index is 11.8. The minimum absolute atomic E-state index is 0.0609. The van der Waals surface area contributed by atoms with Gasteiger partial charge in [-0.25, -0.2) is 0 Å². The Morgan fingerprint density at radius 1 is 1.26 bits per heavy atom. The number of phenolic OH excluding ortho intramolecular Hbond substituents is 1. The van der Waals surface area contributed by atoms with Crippen LogP contribution in [0.5, 0.6) is 11.5 Å². The second-order valence-corrected chi connectivity index (χ2v) is 5.69. The van der Waals surface area contributed by atoms with E-state index in [1.54, 1.807) is 43.4 Å². The first-order valence-electron chi connectivity index (χ1n) is 7.58. The third-order valence-corrected chi connectivity index (χ3v) is 3.69. The van der Waals surface area contributed by atoms with Gasteiger partial charge in [-0.1, -0.05) is 25.1 Å². The average Bonchev–Trinajstić information content (AvgIpc) is 2.47. The van der Waals surface area contributed by atoms with Gasteiger partial charge >= 0.3 is 0 Å². The molecule has 2 atom stereocenters. The lowest BCUT2D eigenvalue weighted by Crippen LogP contribution is -2.57. The fourth-order valence-electron chi connectivity index (χ4n) is 2.45. The molecule has 2 unspecified atom stereocenters. The molecule has 0 amide bonds. The maximum Gasteiger partial charge on any atom is 0.263 e. The number of allylic oxidation sites excluding steroid dienone is 2. The summed E-state index contributed by atoms with van der Waals surface area (Å²) in [7, 11) is 0. The van der Waals surface area contributed by atoms with Crippen LogP contribution in [0.25, 0.3) is 0 Å². The monoisotopic (exact) mass is 318 g/mol. The van der Waals surface area contributed by atoms with E-state index in [0.29, 0.717) is 6.61 Å². The van der Waals surface area contributed by atoms with Gasteiger partial charge in [0.2, 0.25) is 0 Å². The van der Waals surface area contributed by atoms with E-state index in [1.165, 1.54) is 13.0 Å². The maximum absolute atomic E-state index is 11.8. The van der Waals surface area contributed by atoms with Crippen LogP contribution in [-0.2, 0) is 4.74 Å². The van der Waals surface area contributed by atoms with Gasteiger partial charge in [-0.2, -0.15) is 0 Å². The van der Waals surface area contributed by atoms with E-state index in [9.17, 15) is 15.0 Å². The minimum Gasteiger partial charge on any atom is -0.507 e. The van der Waals surface area contributed by atoms with Gasteiger partial charge in [-0.3, -0.25) is 4.79 Å². The SMILES string of the molecule is CCCOC1(Oc2cccc(O)c2C(C)=O)C=CC=CC1(C)O. The van der Waals surface area contributed by atoms with Crippen molar-refractivity contribution < 1.29 is 24.5 Å². The first kappa shape index (κ1) is 17.2. The van der Waals surface area contributed by atoms with Crippen molar-refractivity contribution in [1.82, 2.24) is 0 Å². The highest BCUT2D eigenvalue weighted by Gasteiger charge is 2.49. The number of hydrogen-bond donors (Lipinski definition) is 2. The molecule has 0 heterocycles. The second-order valence-electron chi connectivity index (χ2n) is 5.69. The Bertz CT molecular complexity index is 645. The highest BCUT2D eigenvalue weighted by Crippen LogP contribution is 2.38. The zero-order valence-corrected chi connectivity index (χ0v) is 13.6. The topological polar surface area (TPSA) is 76.0 Å². The summed E-state index contributed by atoms with van der Waals surface area (Å²) in [6.45, 7) is 5.22. The van der Waals surface area contributed by atoms with Crippen LogP contribution >= 0.6 is 0 Å². The van der Waals surface area contributed by atoms with Crippen molar-refractivity contribution in [1.29, 1.82) is 0 Å². The third-order valence-electron chi connectivity index (χ3n) is 3.69. The van der Waals surface area contributed by atoms with E-state index in [1.807, 2.05) is 6.92 Å². The Hall–Kier alpha value is -2.11. The van der Waals surface area contributed by atoms with Gasteiger partial charge in [0.15, 0.2) is 5.78 Å². The Morgan fingerprint density at radius 3 is 2.57 bits per heavy atom. The lowest BCUT2D eigenvalue weighted by atomic mass is 9.90. The Morgan fingerprint density at radius 2 is 1.96 bits per heavy atom. The molecule has 0 spiro atoms. The molecule has 1 aromatic carbocycles. The van der Waals surface area contributed by atoms with Gasteiger partial charge in [0.25, 0.3) is 5.79 Å². The summed E-state index contributed by atoms with van der Waals surface area (Å²) in [5, 5.41) is 20.7. The third kappa shape index (κ3) is 3.30. The molecule has 124 valence electrons. The lowest BCUT2D eigenvalue weighted by Gasteiger charge is -2.42. The Kier molecular flexibility index (Phi) is 4.92. The molecular weight excluding hydrogens is 296 g/mol. The summed E-state index contributed by atoms with van der Waals surface area (Å²) in [6, 6.07) is 4.55. The van der Waals surface area contributed by atoms with Crippen LogP contribution in [0.1, 0.15) is 37.6 Å². The summed E-state index contributed by atoms with van der Waals surface area (Å²) in [6.07, 6.45) is 7.32. The van der Waals surface area contributed by atoms with Gasteiger partial charge in [0.1, 0.15) is 22.7 Å². The summed E-state index contributed by atoms with van der Waals surface area (Å²) in [4.78, 5) is 11.8. The van der Waals surface area contributed by atoms with Crippen LogP contribution in [0.2, 0.25) is 0 Å². The van der Waals surface area contributed by atoms with Crippen molar-refractivity contribution in [2.24, 2.45) is 0 Å². The van der Waals surface area contributed by atoms with Crippen LogP contribution in [0.3, 0.4) is 0 Å². The molecule has 0 aliphatic heterocycles. The van der Waals surface area contributed by atoms with Gasteiger partial charge in [0.05, 0.1) is 6.61 Å². The Labute approximate surface area is 135 Å². The highest BCUT2D eigenvalue weighted by atomic mass is 16.7. The van der Waals surface area contributed by atoms with Gasteiger partial charge in [-0.15, -0.1) is 0 Å². The van der Waals surface area contributed by atoms with Crippen molar-refractivity contribution in [3.05, 3.63) is 48.1 Å². The zero-order valence-electron chi connectivity index (χ0n) is 13.6. The molecule has 0 saturated heterocycles. The predicted molar refractivity (Wildman–Crippen MR) is 86.6 cm³/mol. The number of carbonyl (C=O) groups excluding carboxylic acids is 1. The summed E-state index contributed by atoms with van der Waals surface area (Å²) < 4.78 is 11.8. The number of benzene rings is 1. The van der Waals surface area contributed by atoms with Crippen LogP contribution in [-0.4, -0.2) is 34.0 Å². The average molecular weight is 318 g/mol. The van der Waals surface area contributed by atoms with Gasteiger partial charge in [-0.05, 0) is 44.6 Å². The van der Waals surface area contributed by atoms with Gasteiger partial charge in [0, 0.05) is 0 Å². The molecule has 23 heavy (non-hydrogen) atoms. The van der Waals surface area contributed by atoms with E-state index in [-0.39, 0.29) is 22.8 Å². The van der Waals surface area contributed by atoms with Crippen molar-refractivity contribution in [3.63, 3.8) is 0 Å². The normalized spacial score (nSPS) is 26.3. The number of Topliss-reactive ketones (excluding diaryl/α,β-unsaturated/α-hetero) is 1. The zero-order chi connectivity index (χ0) is 17.1. The largest absolute Gasteiger partial charge is 0.507 e. The van der Waals surface area contributed by atoms with Crippen molar-refractivity contribution in [2.75, 3.05) is 6.61 Å². The van der Waals surface area contributed by atoms with Crippen LogP contribution in [0.15, 0.2) is 42.5 Å². The molecule has 0 bridgehead atoms. The molecule has 2 N–H and O–H groups in total. The summed E-state index contributed by atoms with van der Waals surface area (Å²) >= 11 is 0. The molecule has 1 aliphatic carbocycles. The van der Waals surface area contributed by atoms with E-state index < -0.39 is 11.4 Å². The molecule has 1 aromatic rings. The minimum atomic E-state index is -1.48. The number of ketones is 1. The van der Waals surface area contributed by atoms with E-state index in [4.69, 9.17) is 9.47 Å². The molecule has 1 aliphatic rings. The number of hydrogen-bond acceptors (Lipinski definition) is 5. The quantitative estimate of drug-likeness (QED) is 0.623. The second kappa shape index (κ2) is 6.56. The number of carbonyl (C=O) groups is 1. The standard InChI is InChI=1S/C18H22O5/c1-4-12-22-18(11-6-5-10-17(18,3)21)23-15-9-7-8-14(20)16(15)13(2)19/h5-11,20-21H,4,12H2,1-3H3. The molecule has 5 heteroatoms. The first-order valence-corrected chi connectivity index (χ1v) is 7.58. The van der Waals surface area contributed by atoms with Gasteiger partial charge < -0.3 is 19.7 Å². The first-order chi connectivity index (χ1) is 10.8. The van der Waals surface area contributed by atoms with E-state index >= 15 is 0 Å². The fourth-order valence-corrected chi connectivity index (χ4v) is 2.45. The molecule has 0 aromatic heterocycles. The fraction of sp³-hybridized carbons (Fsp3) is 0.389. The predicted octanol–water partition coefficient (Wildman–Crippen LogP) is 2.97. The van der Waals surface area contributed by atoms with Crippen molar-refractivity contribution in [2.45, 2.75) is 38.6 Å². The Balaban J connectivity index is 2.48. The number of aliphatic hydroxyl groups is 1. The number of ether oxygens (including phenoxy) is 2. The molecule has 0 radical (unpaired) electrons. The summed E-state index contributed by atoms with van der Waals surface area (Å²) in [5.41, 5.74) is -1.37. The number of rotatable bonds is 6. The van der Waals surface area contributed by atoms with Crippen LogP contribution in [0.4, 0.5) is 0 Å². The summed E-state index contributed by atoms with van der Waals surface area (Å²) in [5.74, 6) is -1.82. The molecular formula is C18H22O5. The molecule has 5 nitrogen and oxygen atoms in total. The number of phenols is 1. The van der Waals surface area contributed by atoms with Crippen LogP contribution in [0, 0.1) is 0 Å².